The van der Waals surface area contributed by atoms with E-state index in [1.165, 1.54) is 12.8 Å². The Morgan fingerprint density at radius 3 is 2.77 bits per heavy atom. The zero-order chi connectivity index (χ0) is 8.39. The van der Waals surface area contributed by atoms with Gasteiger partial charge in [0, 0.05) is 17.3 Å². The quantitative estimate of drug-likeness (QED) is 0.817. The van der Waals surface area contributed by atoms with Crippen LogP contribution >= 0.6 is 24.0 Å². The number of nitrogens with one attached hydrogen (secondary N) is 1. The Morgan fingerprint density at radius 2 is 2.15 bits per heavy atom. The van der Waals surface area contributed by atoms with Crippen LogP contribution < -0.4 is 5.32 Å². The Kier molecular flexibility index (Phi) is 3.89. The summed E-state index contributed by atoms with van der Waals surface area (Å²) in [7, 11) is 0. The van der Waals surface area contributed by atoms with Crippen molar-refractivity contribution in [2.45, 2.75) is 12.8 Å². The van der Waals surface area contributed by atoms with Crippen LogP contribution in [0.15, 0.2) is 24.3 Å². The molecule has 1 nitrogen and oxygen atoms in total. The van der Waals surface area contributed by atoms with Gasteiger partial charge in [0.1, 0.15) is 0 Å². The van der Waals surface area contributed by atoms with Gasteiger partial charge in [-0.05, 0) is 37.0 Å². The third-order valence-corrected chi connectivity index (χ3v) is 2.35. The van der Waals surface area contributed by atoms with Gasteiger partial charge in [0.05, 0.1) is 0 Å². The number of anilines is 1. The van der Waals surface area contributed by atoms with Crippen LogP contribution in [0.5, 0.6) is 0 Å². The lowest BCUT2D eigenvalue weighted by molar-refractivity contribution is 0.889. The molecule has 1 fully saturated rings. The fraction of sp³-hybridized carbons (Fsp3) is 0.400. The molecule has 0 saturated heterocycles. The molecule has 1 aromatic rings. The van der Waals surface area contributed by atoms with Crippen LogP contribution in [0.4, 0.5) is 5.69 Å². The summed E-state index contributed by atoms with van der Waals surface area (Å²) in [6.07, 6.45) is 2.77. The standard InChI is InChI=1S/C10H12ClN.ClH/c11-9-2-1-3-10(6-9)12-7-8-4-5-8;/h1-3,6,8,12H,4-5,7H2;1H. The number of hydrogen-bond acceptors (Lipinski definition) is 1. The van der Waals surface area contributed by atoms with Crippen molar-refractivity contribution in [3.8, 4) is 0 Å². The topological polar surface area (TPSA) is 12.0 Å². The highest BCUT2D eigenvalue weighted by atomic mass is 35.5. The molecular formula is C10H13Cl2N. The van der Waals surface area contributed by atoms with E-state index in [4.69, 9.17) is 11.6 Å². The Morgan fingerprint density at radius 1 is 1.38 bits per heavy atom. The van der Waals surface area contributed by atoms with E-state index in [0.29, 0.717) is 0 Å². The van der Waals surface area contributed by atoms with Gasteiger partial charge in [-0.2, -0.15) is 0 Å². The second-order valence-corrected chi connectivity index (χ2v) is 3.77. The summed E-state index contributed by atoms with van der Waals surface area (Å²) in [5.74, 6) is 0.906. The van der Waals surface area contributed by atoms with Gasteiger partial charge in [0.2, 0.25) is 0 Å². The highest BCUT2D eigenvalue weighted by Crippen LogP contribution is 2.29. The molecule has 0 bridgehead atoms. The first kappa shape index (κ1) is 10.7. The van der Waals surface area contributed by atoms with E-state index in [1.54, 1.807) is 0 Å². The van der Waals surface area contributed by atoms with E-state index in [-0.39, 0.29) is 12.4 Å². The average Bonchev–Trinajstić information content (AvgIpc) is 2.84. The molecule has 0 aromatic heterocycles. The maximum Gasteiger partial charge on any atom is 0.0426 e. The first-order chi connectivity index (χ1) is 5.84. The summed E-state index contributed by atoms with van der Waals surface area (Å²) >= 11 is 5.84. The molecule has 0 amide bonds. The molecule has 1 saturated carbocycles. The number of rotatable bonds is 3. The monoisotopic (exact) mass is 217 g/mol. The van der Waals surface area contributed by atoms with Gasteiger partial charge in [0.15, 0.2) is 0 Å². The van der Waals surface area contributed by atoms with Crippen molar-refractivity contribution >= 4 is 29.7 Å². The first-order valence-corrected chi connectivity index (χ1v) is 4.72. The Hall–Kier alpha value is -0.400. The summed E-state index contributed by atoms with van der Waals surface area (Å²) in [5.41, 5.74) is 1.13. The molecule has 0 unspecified atom stereocenters. The lowest BCUT2D eigenvalue weighted by Gasteiger charge is -2.04. The van der Waals surface area contributed by atoms with E-state index in [2.05, 4.69) is 5.32 Å². The molecule has 3 heteroatoms. The largest absolute Gasteiger partial charge is 0.385 e. The summed E-state index contributed by atoms with van der Waals surface area (Å²) in [4.78, 5) is 0. The van der Waals surface area contributed by atoms with Crippen molar-refractivity contribution in [1.29, 1.82) is 0 Å². The minimum Gasteiger partial charge on any atom is -0.385 e. The zero-order valence-corrected chi connectivity index (χ0v) is 8.87. The smallest absolute Gasteiger partial charge is 0.0426 e. The van der Waals surface area contributed by atoms with Crippen molar-refractivity contribution in [3.63, 3.8) is 0 Å². The van der Waals surface area contributed by atoms with E-state index in [0.717, 1.165) is 23.2 Å². The van der Waals surface area contributed by atoms with E-state index >= 15 is 0 Å². The van der Waals surface area contributed by atoms with Crippen LogP contribution in [0.1, 0.15) is 12.8 Å². The SMILES string of the molecule is Cl.Clc1cccc(NCC2CC2)c1. The predicted octanol–water partition coefficient (Wildman–Crippen LogP) is 3.58. The summed E-state index contributed by atoms with van der Waals surface area (Å²) in [6, 6.07) is 7.87. The van der Waals surface area contributed by atoms with Crippen LogP contribution in [0.2, 0.25) is 5.02 Å². The minimum absolute atomic E-state index is 0. The highest BCUT2D eigenvalue weighted by molar-refractivity contribution is 6.30. The fourth-order valence-corrected chi connectivity index (χ4v) is 1.37. The van der Waals surface area contributed by atoms with Gasteiger partial charge in [-0.25, -0.2) is 0 Å². The molecule has 1 aromatic carbocycles. The first-order valence-electron chi connectivity index (χ1n) is 4.34. The molecular weight excluding hydrogens is 205 g/mol. The summed E-state index contributed by atoms with van der Waals surface area (Å²) in [6.45, 7) is 1.10. The Labute approximate surface area is 89.9 Å². The van der Waals surface area contributed by atoms with Gasteiger partial charge in [0.25, 0.3) is 0 Å². The third-order valence-electron chi connectivity index (χ3n) is 2.12. The van der Waals surface area contributed by atoms with Gasteiger partial charge in [-0.3, -0.25) is 0 Å². The minimum atomic E-state index is 0. The maximum atomic E-state index is 5.84. The second kappa shape index (κ2) is 4.73. The van der Waals surface area contributed by atoms with Crippen molar-refractivity contribution < 1.29 is 0 Å². The molecule has 1 N–H and O–H groups in total. The van der Waals surface area contributed by atoms with Crippen molar-refractivity contribution in [2.24, 2.45) is 5.92 Å². The van der Waals surface area contributed by atoms with Crippen LogP contribution in [-0.4, -0.2) is 6.54 Å². The zero-order valence-electron chi connectivity index (χ0n) is 7.29. The molecule has 0 heterocycles. The van der Waals surface area contributed by atoms with E-state index in [9.17, 15) is 0 Å². The molecule has 1 aliphatic carbocycles. The van der Waals surface area contributed by atoms with Gasteiger partial charge < -0.3 is 5.32 Å². The number of benzene rings is 1. The third kappa shape index (κ3) is 3.45. The maximum absolute atomic E-state index is 5.84. The van der Waals surface area contributed by atoms with Crippen molar-refractivity contribution in [1.82, 2.24) is 0 Å². The molecule has 0 spiro atoms. The molecule has 1 aliphatic rings. The fourth-order valence-electron chi connectivity index (χ4n) is 1.18. The molecule has 13 heavy (non-hydrogen) atoms. The summed E-state index contributed by atoms with van der Waals surface area (Å²) in [5, 5.41) is 4.16. The molecule has 2 rings (SSSR count). The van der Waals surface area contributed by atoms with Gasteiger partial charge in [-0.1, -0.05) is 17.7 Å². The summed E-state index contributed by atoms with van der Waals surface area (Å²) < 4.78 is 0. The van der Waals surface area contributed by atoms with Crippen molar-refractivity contribution in [3.05, 3.63) is 29.3 Å². The molecule has 0 radical (unpaired) electrons. The average molecular weight is 218 g/mol. The van der Waals surface area contributed by atoms with Crippen LogP contribution in [0, 0.1) is 5.92 Å². The number of hydrogen-bond donors (Lipinski definition) is 1. The Bertz CT molecular complexity index is 271. The normalized spacial score (nSPS) is 14.8. The van der Waals surface area contributed by atoms with Gasteiger partial charge in [-0.15, -0.1) is 12.4 Å². The van der Waals surface area contributed by atoms with Crippen molar-refractivity contribution in [2.75, 3.05) is 11.9 Å². The lowest BCUT2D eigenvalue weighted by Crippen LogP contribution is -2.02. The predicted molar refractivity (Wildman–Crippen MR) is 59.9 cm³/mol. The van der Waals surface area contributed by atoms with E-state index < -0.39 is 0 Å². The Balaban J connectivity index is 0.000000845. The molecule has 0 aliphatic heterocycles. The van der Waals surface area contributed by atoms with Crippen LogP contribution in [-0.2, 0) is 0 Å². The molecule has 72 valence electrons. The van der Waals surface area contributed by atoms with Gasteiger partial charge >= 0.3 is 0 Å². The van der Waals surface area contributed by atoms with E-state index in [1.807, 2.05) is 24.3 Å². The lowest BCUT2D eigenvalue weighted by atomic mass is 10.3. The highest BCUT2D eigenvalue weighted by Gasteiger charge is 2.20. The second-order valence-electron chi connectivity index (χ2n) is 3.33. The number of halogens is 2. The molecule has 0 atom stereocenters. The van der Waals surface area contributed by atoms with Crippen LogP contribution in [0.25, 0.3) is 0 Å². The van der Waals surface area contributed by atoms with Crippen LogP contribution in [0.3, 0.4) is 0 Å².